The van der Waals surface area contributed by atoms with Crippen LogP contribution >= 0.6 is 0 Å². The van der Waals surface area contributed by atoms with Crippen molar-refractivity contribution in [1.29, 1.82) is 5.26 Å². The Bertz CT molecular complexity index is 804. The first kappa shape index (κ1) is 15.8. The molecule has 120 valence electrons. The highest BCUT2D eigenvalue weighted by Gasteiger charge is 2.38. The maximum atomic E-state index is 12.6. The minimum Gasteiger partial charge on any atom is -0.322 e. The van der Waals surface area contributed by atoms with Gasteiger partial charge in [-0.3, -0.25) is 9.69 Å². The molecule has 1 heterocycles. The Hall–Kier alpha value is -3.13. The molecule has 2 aromatic rings. The Balaban J connectivity index is 1.76. The summed E-state index contributed by atoms with van der Waals surface area (Å²) in [5.41, 5.74) is 3.32. The predicted molar refractivity (Wildman–Crippen MR) is 88.8 cm³/mol. The van der Waals surface area contributed by atoms with Gasteiger partial charge in [-0.2, -0.15) is 5.26 Å². The molecule has 0 spiro atoms. The molecule has 1 N–H and O–H groups in total. The molecular weight excluding hydrogens is 302 g/mol. The average Bonchev–Trinajstić information content (AvgIpc) is 2.90. The third-order valence-electron chi connectivity index (χ3n) is 4.17. The maximum Gasteiger partial charge on any atom is 0.325 e. The fraction of sp³-hybridized carbons (Fsp3) is 0.211. The van der Waals surface area contributed by atoms with Crippen LogP contribution < -0.4 is 5.32 Å². The van der Waals surface area contributed by atoms with Gasteiger partial charge in [0.15, 0.2) is 0 Å². The lowest BCUT2D eigenvalue weighted by Crippen LogP contribution is -2.30. The molecule has 0 saturated carbocycles. The van der Waals surface area contributed by atoms with Crippen molar-refractivity contribution in [3.05, 3.63) is 70.8 Å². The molecule has 24 heavy (non-hydrogen) atoms. The van der Waals surface area contributed by atoms with Crippen LogP contribution in [-0.2, 0) is 17.8 Å². The molecule has 1 fully saturated rings. The van der Waals surface area contributed by atoms with Crippen molar-refractivity contribution in [2.45, 2.75) is 25.9 Å². The second kappa shape index (κ2) is 6.55. The van der Waals surface area contributed by atoms with Crippen molar-refractivity contribution in [2.75, 3.05) is 0 Å². The highest BCUT2D eigenvalue weighted by molar-refractivity contribution is 6.04. The summed E-state index contributed by atoms with van der Waals surface area (Å²) in [6.45, 7) is 2.26. The van der Waals surface area contributed by atoms with Crippen molar-refractivity contribution in [1.82, 2.24) is 10.2 Å². The van der Waals surface area contributed by atoms with Crippen LogP contribution in [0.3, 0.4) is 0 Å². The lowest BCUT2D eigenvalue weighted by molar-refractivity contribution is -0.128. The van der Waals surface area contributed by atoms with Gasteiger partial charge < -0.3 is 5.32 Å². The van der Waals surface area contributed by atoms with E-state index in [1.54, 1.807) is 24.3 Å². The van der Waals surface area contributed by atoms with Gasteiger partial charge in [-0.1, -0.05) is 43.3 Å². The molecule has 0 bridgehead atoms. The fourth-order valence-electron chi connectivity index (χ4n) is 2.71. The maximum absolute atomic E-state index is 12.6. The summed E-state index contributed by atoms with van der Waals surface area (Å²) in [6, 6.07) is 15.6. The first-order chi connectivity index (χ1) is 11.6. The number of nitriles is 1. The van der Waals surface area contributed by atoms with Crippen LogP contribution in [0.5, 0.6) is 0 Å². The Morgan fingerprint density at radius 3 is 2.25 bits per heavy atom. The Morgan fingerprint density at radius 1 is 1.04 bits per heavy atom. The number of hydrogen-bond acceptors (Lipinski definition) is 3. The molecule has 3 rings (SSSR count). The van der Waals surface area contributed by atoms with E-state index < -0.39 is 12.1 Å². The molecule has 0 aromatic heterocycles. The van der Waals surface area contributed by atoms with Gasteiger partial charge in [0, 0.05) is 0 Å². The van der Waals surface area contributed by atoms with Crippen LogP contribution in [0.25, 0.3) is 0 Å². The van der Waals surface area contributed by atoms with Gasteiger partial charge in [0.05, 0.1) is 18.2 Å². The summed E-state index contributed by atoms with van der Waals surface area (Å²) in [4.78, 5) is 26.0. The number of amides is 3. The zero-order valence-electron chi connectivity index (χ0n) is 13.3. The lowest BCUT2D eigenvalue weighted by atomic mass is 10.0. The fourth-order valence-corrected chi connectivity index (χ4v) is 2.71. The van der Waals surface area contributed by atoms with Crippen molar-refractivity contribution in [3.8, 4) is 6.07 Å². The van der Waals surface area contributed by atoms with Gasteiger partial charge >= 0.3 is 6.03 Å². The summed E-state index contributed by atoms with van der Waals surface area (Å²) in [6.07, 6.45) is 0.927. The van der Waals surface area contributed by atoms with Gasteiger partial charge in [0.1, 0.15) is 6.04 Å². The number of hydrogen-bond donors (Lipinski definition) is 1. The largest absolute Gasteiger partial charge is 0.325 e. The van der Waals surface area contributed by atoms with Gasteiger partial charge in [-0.05, 0) is 35.2 Å². The van der Waals surface area contributed by atoms with E-state index in [1.807, 2.05) is 30.3 Å². The van der Waals surface area contributed by atoms with E-state index in [2.05, 4.69) is 12.2 Å². The van der Waals surface area contributed by atoms with Crippen molar-refractivity contribution < 1.29 is 9.59 Å². The number of nitrogens with zero attached hydrogens (tertiary/aromatic N) is 2. The summed E-state index contributed by atoms with van der Waals surface area (Å²) >= 11 is 0. The Morgan fingerprint density at radius 2 is 1.67 bits per heavy atom. The van der Waals surface area contributed by atoms with E-state index in [9.17, 15) is 9.59 Å². The smallest absolute Gasteiger partial charge is 0.322 e. The highest BCUT2D eigenvalue weighted by Crippen LogP contribution is 2.24. The zero-order chi connectivity index (χ0) is 17.1. The summed E-state index contributed by atoms with van der Waals surface area (Å²) in [5, 5.41) is 11.6. The Labute approximate surface area is 140 Å². The van der Waals surface area contributed by atoms with Crippen molar-refractivity contribution in [2.24, 2.45) is 0 Å². The first-order valence-electron chi connectivity index (χ1n) is 7.82. The summed E-state index contributed by atoms with van der Waals surface area (Å²) in [7, 11) is 0. The molecule has 1 saturated heterocycles. The van der Waals surface area contributed by atoms with E-state index in [-0.39, 0.29) is 12.5 Å². The van der Waals surface area contributed by atoms with Gasteiger partial charge in [0.25, 0.3) is 5.91 Å². The lowest BCUT2D eigenvalue weighted by Gasteiger charge is -2.13. The van der Waals surface area contributed by atoms with E-state index in [0.717, 1.165) is 17.5 Å². The number of carbonyl (C=O) groups excluding carboxylic acids is 2. The standard InChI is InChI=1S/C19H17N3O2/c1-2-13-7-9-16(10-8-13)17-18(23)22(19(24)21-17)12-15-5-3-14(11-20)4-6-15/h3-10,17H,2,12H2,1H3,(H,21,24). The SMILES string of the molecule is CCc1ccc(C2NC(=O)N(Cc3ccc(C#N)cc3)C2=O)cc1. The second-order valence-corrected chi connectivity index (χ2v) is 5.71. The molecule has 1 unspecified atom stereocenters. The van der Waals surface area contributed by atoms with E-state index in [4.69, 9.17) is 5.26 Å². The minimum absolute atomic E-state index is 0.194. The van der Waals surface area contributed by atoms with E-state index in [0.29, 0.717) is 5.56 Å². The van der Waals surface area contributed by atoms with Gasteiger partial charge in [-0.25, -0.2) is 4.79 Å². The molecule has 5 heteroatoms. The molecule has 3 amide bonds. The summed E-state index contributed by atoms with van der Waals surface area (Å²) < 4.78 is 0. The summed E-state index contributed by atoms with van der Waals surface area (Å²) in [5.74, 6) is -0.256. The zero-order valence-corrected chi connectivity index (χ0v) is 13.3. The topological polar surface area (TPSA) is 73.2 Å². The van der Waals surface area contributed by atoms with Gasteiger partial charge in [-0.15, -0.1) is 0 Å². The normalized spacial score (nSPS) is 16.8. The minimum atomic E-state index is -0.637. The second-order valence-electron chi connectivity index (χ2n) is 5.71. The third kappa shape index (κ3) is 2.99. The van der Waals surface area contributed by atoms with Crippen molar-refractivity contribution >= 4 is 11.9 Å². The number of rotatable bonds is 4. The number of nitrogens with one attached hydrogen (secondary N) is 1. The highest BCUT2D eigenvalue weighted by atomic mass is 16.2. The van der Waals surface area contributed by atoms with Crippen LogP contribution in [0.1, 0.15) is 35.2 Å². The number of urea groups is 1. The predicted octanol–water partition coefficient (Wildman–Crippen LogP) is 2.91. The quantitative estimate of drug-likeness (QED) is 0.881. The molecule has 2 aromatic carbocycles. The third-order valence-corrected chi connectivity index (χ3v) is 4.17. The number of imide groups is 1. The van der Waals surface area contributed by atoms with Crippen LogP contribution in [0.4, 0.5) is 4.79 Å². The Kier molecular flexibility index (Phi) is 4.30. The van der Waals surface area contributed by atoms with Crippen LogP contribution in [0, 0.1) is 11.3 Å². The average molecular weight is 319 g/mol. The molecule has 5 nitrogen and oxygen atoms in total. The van der Waals surface area contributed by atoms with E-state index in [1.165, 1.54) is 10.5 Å². The van der Waals surface area contributed by atoms with Crippen LogP contribution in [0.15, 0.2) is 48.5 Å². The van der Waals surface area contributed by atoms with Crippen LogP contribution in [0.2, 0.25) is 0 Å². The molecular formula is C19H17N3O2. The first-order valence-corrected chi connectivity index (χ1v) is 7.82. The van der Waals surface area contributed by atoms with Crippen molar-refractivity contribution in [3.63, 3.8) is 0 Å². The molecule has 1 aliphatic heterocycles. The monoisotopic (exact) mass is 319 g/mol. The molecule has 0 radical (unpaired) electrons. The van der Waals surface area contributed by atoms with E-state index >= 15 is 0 Å². The molecule has 1 aliphatic rings. The molecule has 0 aliphatic carbocycles. The van der Waals surface area contributed by atoms with Crippen LogP contribution in [-0.4, -0.2) is 16.8 Å². The number of carbonyl (C=O) groups is 2. The number of benzene rings is 2. The number of aryl methyl sites for hydroxylation is 1. The molecule has 1 atom stereocenters. The van der Waals surface area contributed by atoms with Gasteiger partial charge in [0.2, 0.25) is 0 Å².